The standard InChI is InChI=1S/C37H53NO8/c1-21(2)14-25(6)33-26(7)31(38-42-8)19-36(46-33)18-29-17-28(45-36)13-12-23(4)15-22(3)10-9-11-27-20-43-34-32(39)24(5)16-30(35(40)44-29)37(27,34)41/h9-12,14,16,21-22,26,28-30,32-34,39,41H,13,15,17-20H2,1-8H3/b10-9-,23-12-,25-14+,27-11-,38-31+/t22-,26+,28-,29-,30-,32-,33+,34-,36+,37-/m1/s1. The molecule has 0 saturated carbocycles. The summed E-state index contributed by atoms with van der Waals surface area (Å²) in [7, 11) is 1.55. The molecule has 0 aromatic heterocycles. The molecule has 0 aromatic rings. The number of aliphatic hydroxyl groups excluding tert-OH is 1. The number of allylic oxidation sites excluding steroid dienone is 5. The number of ether oxygens (including phenoxy) is 4. The topological polar surface area (TPSA) is 116 Å². The molecule has 254 valence electrons. The SMILES string of the molecule is CO/N=C1\C[C@]2(C[C@H]3C[C@@H](C/C=C(/C)C[C@H](C)/C=C\C=C4\CO[C@@H]5[C@H](O)C(C)=C[C@H](C(=O)O3)[C@]45O)O2)O[C@@H](/C(C)=C/C(C)C)[C@H]1C. The van der Waals surface area contributed by atoms with Gasteiger partial charge in [-0.05, 0) is 62.2 Å². The molecule has 4 aliphatic heterocycles. The normalized spacial score (nSPS) is 44.5. The summed E-state index contributed by atoms with van der Waals surface area (Å²) in [5, 5.41) is 27.6. The van der Waals surface area contributed by atoms with E-state index < -0.39 is 41.6 Å². The molecule has 0 aromatic carbocycles. The molecule has 10 atom stereocenters. The van der Waals surface area contributed by atoms with Crippen LogP contribution in [0, 0.1) is 23.7 Å². The van der Waals surface area contributed by atoms with Crippen LogP contribution in [0.5, 0.6) is 0 Å². The van der Waals surface area contributed by atoms with Gasteiger partial charge in [-0.3, -0.25) is 4.79 Å². The molecule has 0 amide bonds. The van der Waals surface area contributed by atoms with Crippen LogP contribution in [0.3, 0.4) is 0 Å². The molecule has 0 radical (unpaired) electrons. The Hall–Kier alpha value is -2.56. The maximum absolute atomic E-state index is 14.2. The molecule has 2 N–H and O–H groups in total. The molecule has 4 heterocycles. The fourth-order valence-corrected chi connectivity index (χ4v) is 7.94. The summed E-state index contributed by atoms with van der Waals surface area (Å²) in [6.45, 7) is 14.6. The second kappa shape index (κ2) is 13.9. The summed E-state index contributed by atoms with van der Waals surface area (Å²) in [6.07, 6.45) is 11.4. The number of fused-ring (bicyclic) bond motifs is 2. The molecule has 1 spiro atoms. The second-order valence-corrected chi connectivity index (χ2v) is 14.5. The van der Waals surface area contributed by atoms with Gasteiger partial charge in [0.05, 0.1) is 24.5 Å². The lowest BCUT2D eigenvalue weighted by Crippen LogP contribution is -2.59. The van der Waals surface area contributed by atoms with Gasteiger partial charge in [0, 0.05) is 25.2 Å². The predicted molar refractivity (Wildman–Crippen MR) is 176 cm³/mol. The van der Waals surface area contributed by atoms with Gasteiger partial charge >= 0.3 is 5.97 Å². The van der Waals surface area contributed by atoms with Crippen molar-refractivity contribution in [2.75, 3.05) is 13.7 Å². The van der Waals surface area contributed by atoms with Crippen LogP contribution >= 0.6 is 0 Å². The molecule has 3 saturated heterocycles. The number of oxime groups is 1. The highest BCUT2D eigenvalue weighted by Crippen LogP contribution is 2.47. The number of carbonyl (C=O) groups excluding carboxylic acids is 1. The summed E-state index contributed by atoms with van der Waals surface area (Å²) < 4.78 is 26.0. The zero-order valence-corrected chi connectivity index (χ0v) is 28.7. The van der Waals surface area contributed by atoms with E-state index in [2.05, 4.69) is 64.9 Å². The number of esters is 1. The van der Waals surface area contributed by atoms with Crippen molar-refractivity contribution in [1.29, 1.82) is 0 Å². The lowest BCUT2D eigenvalue weighted by atomic mass is 9.71. The number of carbonyl (C=O) groups is 1. The maximum atomic E-state index is 14.2. The van der Waals surface area contributed by atoms with Gasteiger partial charge in [-0.25, -0.2) is 0 Å². The number of nitrogens with zero attached hydrogens (tertiary/aromatic N) is 1. The van der Waals surface area contributed by atoms with Crippen molar-refractivity contribution >= 4 is 11.7 Å². The van der Waals surface area contributed by atoms with Crippen LogP contribution in [0.25, 0.3) is 0 Å². The van der Waals surface area contributed by atoms with Crippen LogP contribution in [0.1, 0.15) is 80.6 Å². The van der Waals surface area contributed by atoms with Gasteiger partial charge in [0.15, 0.2) is 5.79 Å². The van der Waals surface area contributed by atoms with Gasteiger partial charge in [-0.1, -0.05) is 74.9 Å². The Morgan fingerprint density at radius 3 is 2.67 bits per heavy atom. The summed E-state index contributed by atoms with van der Waals surface area (Å²) in [6, 6.07) is 0. The summed E-state index contributed by atoms with van der Waals surface area (Å²) in [4.78, 5) is 19.4. The van der Waals surface area contributed by atoms with Crippen molar-refractivity contribution in [3.63, 3.8) is 0 Å². The monoisotopic (exact) mass is 639 g/mol. The van der Waals surface area contributed by atoms with Gasteiger partial charge < -0.3 is 34.0 Å². The predicted octanol–water partition coefficient (Wildman–Crippen LogP) is 5.73. The number of hydrogen-bond donors (Lipinski definition) is 2. The Morgan fingerprint density at radius 2 is 1.96 bits per heavy atom. The third-order valence-corrected chi connectivity index (χ3v) is 10.1. The number of hydrogen-bond acceptors (Lipinski definition) is 9. The van der Waals surface area contributed by atoms with Crippen molar-refractivity contribution in [2.24, 2.45) is 28.8 Å². The third-order valence-electron chi connectivity index (χ3n) is 10.1. The highest BCUT2D eigenvalue weighted by molar-refractivity contribution is 5.88. The minimum absolute atomic E-state index is 0.0340. The van der Waals surface area contributed by atoms with Gasteiger partial charge in [-0.15, -0.1) is 0 Å². The van der Waals surface area contributed by atoms with Crippen molar-refractivity contribution in [2.45, 2.75) is 122 Å². The van der Waals surface area contributed by atoms with Crippen LogP contribution in [-0.2, 0) is 28.6 Å². The largest absolute Gasteiger partial charge is 0.462 e. The zero-order valence-electron chi connectivity index (χ0n) is 28.7. The van der Waals surface area contributed by atoms with Crippen LogP contribution in [0.15, 0.2) is 63.9 Å². The average molecular weight is 640 g/mol. The van der Waals surface area contributed by atoms with E-state index in [1.807, 2.05) is 12.2 Å². The van der Waals surface area contributed by atoms with Gasteiger partial charge in [0.2, 0.25) is 0 Å². The first-order chi connectivity index (χ1) is 21.8. The van der Waals surface area contributed by atoms with E-state index in [4.69, 9.17) is 23.8 Å². The summed E-state index contributed by atoms with van der Waals surface area (Å²) >= 11 is 0. The molecule has 5 rings (SSSR count). The molecule has 3 fully saturated rings. The first-order valence-electron chi connectivity index (χ1n) is 16.8. The van der Waals surface area contributed by atoms with Gasteiger partial charge in [0.25, 0.3) is 0 Å². The van der Waals surface area contributed by atoms with Crippen LogP contribution in [0.2, 0.25) is 0 Å². The minimum Gasteiger partial charge on any atom is -0.462 e. The van der Waals surface area contributed by atoms with Crippen molar-refractivity contribution in [3.8, 4) is 0 Å². The van der Waals surface area contributed by atoms with Gasteiger partial charge in [-0.2, -0.15) is 0 Å². The highest BCUT2D eigenvalue weighted by atomic mass is 16.7. The Balaban J connectivity index is 1.55. The fourth-order valence-electron chi connectivity index (χ4n) is 7.94. The summed E-state index contributed by atoms with van der Waals surface area (Å²) in [5.41, 5.74) is 2.54. The molecule has 9 heteroatoms. The fraction of sp³-hybridized carbons (Fsp3) is 0.676. The van der Waals surface area contributed by atoms with E-state index in [9.17, 15) is 15.0 Å². The highest BCUT2D eigenvalue weighted by Gasteiger charge is 2.60. The third kappa shape index (κ3) is 6.99. The lowest BCUT2D eigenvalue weighted by molar-refractivity contribution is -0.313. The van der Waals surface area contributed by atoms with Crippen molar-refractivity contribution in [1.82, 2.24) is 0 Å². The number of aliphatic hydroxyl groups is 2. The summed E-state index contributed by atoms with van der Waals surface area (Å²) in [5.74, 6) is -2.15. The van der Waals surface area contributed by atoms with E-state index in [1.165, 1.54) is 5.57 Å². The quantitative estimate of drug-likeness (QED) is 0.229. The van der Waals surface area contributed by atoms with Gasteiger partial charge in [0.1, 0.15) is 36.9 Å². The van der Waals surface area contributed by atoms with E-state index in [0.29, 0.717) is 42.7 Å². The van der Waals surface area contributed by atoms with E-state index >= 15 is 0 Å². The maximum Gasteiger partial charge on any atom is 0.316 e. The van der Waals surface area contributed by atoms with Crippen LogP contribution < -0.4 is 0 Å². The number of rotatable bonds is 3. The molecule has 2 bridgehead atoms. The van der Waals surface area contributed by atoms with E-state index in [0.717, 1.165) is 17.7 Å². The Labute approximate surface area is 274 Å². The lowest BCUT2D eigenvalue weighted by Gasteiger charge is -2.50. The average Bonchev–Trinajstić information content (AvgIpc) is 3.31. The molecular weight excluding hydrogens is 586 g/mol. The second-order valence-electron chi connectivity index (χ2n) is 14.5. The van der Waals surface area contributed by atoms with Crippen LogP contribution in [0.4, 0.5) is 0 Å². The Kier molecular flexibility index (Phi) is 10.5. The van der Waals surface area contributed by atoms with E-state index in [1.54, 1.807) is 20.1 Å². The van der Waals surface area contributed by atoms with E-state index in [-0.39, 0.29) is 30.7 Å². The molecular formula is C37H53NO8. The Bertz CT molecular complexity index is 1340. The Morgan fingerprint density at radius 1 is 1.20 bits per heavy atom. The molecule has 1 aliphatic carbocycles. The van der Waals surface area contributed by atoms with Crippen molar-refractivity contribution in [3.05, 3.63) is 58.7 Å². The molecule has 46 heavy (non-hydrogen) atoms. The zero-order chi connectivity index (χ0) is 33.4. The molecule has 0 unspecified atom stereocenters. The minimum atomic E-state index is -1.74. The van der Waals surface area contributed by atoms with Crippen LogP contribution in [-0.4, -0.2) is 77.5 Å². The first-order valence-corrected chi connectivity index (χ1v) is 16.8. The first kappa shape index (κ1) is 34.8. The van der Waals surface area contributed by atoms with Crippen molar-refractivity contribution < 1.29 is 38.8 Å². The molecule has 9 nitrogen and oxygen atoms in total. The molecule has 5 aliphatic rings. The smallest absolute Gasteiger partial charge is 0.316 e.